The van der Waals surface area contributed by atoms with E-state index in [1.807, 2.05) is 46.9 Å². The fraction of sp³-hybridized carbons (Fsp3) is 0. The molecule has 22 rings (SSSR count). The lowest BCUT2D eigenvalue weighted by Gasteiger charge is -2.13. The van der Waals surface area contributed by atoms with Crippen molar-refractivity contribution in [3.63, 3.8) is 0 Å². The van der Waals surface area contributed by atoms with Crippen molar-refractivity contribution < 1.29 is 0 Å². The largest absolute Gasteiger partial charge is 0.309 e. The Bertz CT molecular complexity index is 6980. The molecule has 470 valence electrons. The fourth-order valence-electron chi connectivity index (χ4n) is 17.0. The summed E-state index contributed by atoms with van der Waals surface area (Å²) in [6.07, 6.45) is 0. The van der Waals surface area contributed by atoms with Gasteiger partial charge in [0.25, 0.3) is 0 Å². The second kappa shape index (κ2) is 22.0. The number of para-hydroxylation sites is 2. The predicted molar refractivity (Wildman–Crippen MR) is 433 cm³/mol. The summed E-state index contributed by atoms with van der Waals surface area (Å²) in [4.78, 5) is 10.9. The highest BCUT2D eigenvalue weighted by Crippen LogP contribution is 2.50. The fourth-order valence-corrected chi connectivity index (χ4v) is 19.7. The highest BCUT2D eigenvalue weighted by Gasteiger charge is 2.24. The lowest BCUT2D eigenvalue weighted by atomic mass is 9.92. The zero-order valence-corrected chi connectivity index (χ0v) is 56.3. The number of thiophene rings is 2. The molecule has 102 heavy (non-hydrogen) atoms. The molecule has 0 N–H and O–H groups in total. The molecule has 0 spiro atoms. The summed E-state index contributed by atoms with van der Waals surface area (Å²) in [5.41, 5.74) is 16.4. The van der Waals surface area contributed by atoms with E-state index < -0.39 is 0 Å². The predicted octanol–water partition coefficient (Wildman–Crippen LogP) is 26.5. The van der Waals surface area contributed by atoms with Crippen molar-refractivity contribution in [2.75, 3.05) is 0 Å². The first-order valence-electron chi connectivity index (χ1n) is 34.6. The van der Waals surface area contributed by atoms with Crippen LogP contribution in [-0.4, -0.2) is 19.1 Å². The van der Waals surface area contributed by atoms with Gasteiger partial charge in [-0.15, -0.1) is 22.7 Å². The first-order chi connectivity index (χ1) is 50.5. The molecule has 0 aliphatic carbocycles. The van der Waals surface area contributed by atoms with Gasteiger partial charge in [0, 0.05) is 90.0 Å². The average Bonchev–Trinajstić information content (AvgIpc) is 1.52. The summed E-state index contributed by atoms with van der Waals surface area (Å²) in [6.45, 7) is 0. The average molecular weight is 1330 g/mol. The van der Waals surface area contributed by atoms with E-state index in [0.717, 1.165) is 61.5 Å². The highest BCUT2D eigenvalue weighted by molar-refractivity contribution is 7.27. The number of hydrogen-bond donors (Lipinski definition) is 0. The van der Waals surface area contributed by atoms with Crippen LogP contribution >= 0.6 is 22.7 Å². The molecule has 0 saturated carbocycles. The molecule has 0 fully saturated rings. The number of rotatable bonds is 7. The maximum absolute atomic E-state index is 9.92. The van der Waals surface area contributed by atoms with Gasteiger partial charge in [-0.2, -0.15) is 5.26 Å². The van der Waals surface area contributed by atoms with Crippen LogP contribution in [0.25, 0.3) is 216 Å². The van der Waals surface area contributed by atoms with Gasteiger partial charge in [0.15, 0.2) is 5.82 Å². The Morgan fingerprint density at radius 2 is 0.598 bits per heavy atom. The molecule has 7 heteroatoms. The number of benzene rings is 17. The lowest BCUT2D eigenvalue weighted by Crippen LogP contribution is -1.99. The molecule has 0 aliphatic rings. The van der Waals surface area contributed by atoms with Gasteiger partial charge in [-0.25, -0.2) is 9.97 Å². The van der Waals surface area contributed by atoms with Gasteiger partial charge in [0.2, 0.25) is 0 Å². The number of fused-ring (bicyclic) bond motifs is 26. The van der Waals surface area contributed by atoms with E-state index in [0.29, 0.717) is 11.4 Å². The first-order valence-corrected chi connectivity index (χ1v) is 36.2. The van der Waals surface area contributed by atoms with Gasteiger partial charge in [-0.05, 0) is 166 Å². The molecular weight excluding hydrogens is 1280 g/mol. The van der Waals surface area contributed by atoms with Gasteiger partial charge in [0.05, 0.1) is 45.1 Å². The molecule has 5 aromatic heterocycles. The molecule has 0 saturated heterocycles. The van der Waals surface area contributed by atoms with Crippen LogP contribution in [0.1, 0.15) is 5.56 Å². The third kappa shape index (κ3) is 8.37. The molecule has 22 aromatic rings. The molecule has 0 bridgehead atoms. The Labute approximate surface area is 592 Å². The summed E-state index contributed by atoms with van der Waals surface area (Å²) in [6, 6.07) is 120. The molecule has 0 amide bonds. The summed E-state index contributed by atoms with van der Waals surface area (Å²) in [5.74, 6) is 0.600. The lowest BCUT2D eigenvalue weighted by molar-refractivity contribution is 1.15. The monoisotopic (exact) mass is 1330 g/mol. The summed E-state index contributed by atoms with van der Waals surface area (Å²) in [5, 5.41) is 35.2. The third-order valence-electron chi connectivity index (χ3n) is 21.5. The van der Waals surface area contributed by atoms with Crippen LogP contribution in [0.4, 0.5) is 0 Å². The molecule has 5 heterocycles. The van der Waals surface area contributed by atoms with E-state index in [9.17, 15) is 5.26 Å². The summed E-state index contributed by atoms with van der Waals surface area (Å²) >= 11 is 3.80. The molecule has 5 nitrogen and oxygen atoms in total. The van der Waals surface area contributed by atoms with E-state index >= 15 is 0 Å². The normalized spacial score (nSPS) is 12.1. The SMILES string of the molecule is N#Cc1ccc(-c2cc(-c3cccc(-n4c5ccccc5c5c6sc7c(-c8ccc9c%10ccccc%10c%10ccccc%10c9c8)cccc7c6ccc54)c3)nc(-c3cccc(-n4c5ccccc5c5c6sc7c(-c8ccc9c%10ccccc%10c%10ccccc%10c9c8)cccc7c6ccc54)c3)n2)cc1. The van der Waals surface area contributed by atoms with Crippen molar-refractivity contribution in [2.45, 2.75) is 0 Å². The van der Waals surface area contributed by atoms with Crippen LogP contribution in [0.15, 0.2) is 322 Å². The standard InChI is InChI=1S/C95H53N5S2/c96-54-55-37-39-56(40-38-55)83-53-84(59-17-13-19-61(49-59)99-85-35-11-9-29-79(85)89-87(99)47-45-77-75-33-15-31-63(91(75)101-93(77)89)57-41-43-73-69-25-3-1-21-65(69)67-23-5-7-27-71(67)81(73)51-57)98-95(97-83)60-18-14-20-62(50-60)100-86-36-12-10-30-80(86)90-88(100)48-46-78-76-34-16-32-64(92(76)102-94(78)90)58-42-44-74-70-26-4-2-22-66(70)68-24-6-8-28-72(68)82(74)52-58/h1-53H. The van der Waals surface area contributed by atoms with Crippen LogP contribution in [0.3, 0.4) is 0 Å². The Morgan fingerprint density at radius 1 is 0.245 bits per heavy atom. The Kier molecular flexibility index (Phi) is 12.2. The van der Waals surface area contributed by atoms with E-state index in [-0.39, 0.29) is 0 Å². The highest BCUT2D eigenvalue weighted by atomic mass is 32.1. The second-order valence-electron chi connectivity index (χ2n) is 26.9. The number of aromatic nitrogens is 4. The van der Waals surface area contributed by atoms with Crippen LogP contribution in [0, 0.1) is 11.3 Å². The number of nitrogens with zero attached hydrogens (tertiary/aromatic N) is 5. The van der Waals surface area contributed by atoms with Crippen LogP contribution in [0.2, 0.25) is 0 Å². The third-order valence-corrected chi connectivity index (χ3v) is 24.1. The zero-order valence-electron chi connectivity index (χ0n) is 54.7. The van der Waals surface area contributed by atoms with Crippen molar-refractivity contribution in [3.05, 3.63) is 327 Å². The van der Waals surface area contributed by atoms with E-state index in [2.05, 4.69) is 312 Å². The maximum atomic E-state index is 9.92. The molecule has 0 atom stereocenters. The number of nitriles is 1. The van der Waals surface area contributed by atoms with E-state index in [1.54, 1.807) is 0 Å². The smallest absolute Gasteiger partial charge is 0.160 e. The first kappa shape index (κ1) is 56.9. The Hall–Kier alpha value is -13.1. The number of hydrogen-bond acceptors (Lipinski definition) is 5. The van der Waals surface area contributed by atoms with Crippen LogP contribution < -0.4 is 0 Å². The van der Waals surface area contributed by atoms with Gasteiger partial charge in [-0.3, -0.25) is 0 Å². The second-order valence-corrected chi connectivity index (χ2v) is 28.9. The quantitative estimate of drug-likeness (QED) is 0.149. The van der Waals surface area contributed by atoms with Gasteiger partial charge in [-0.1, -0.05) is 243 Å². The molecule has 0 aliphatic heterocycles. The Morgan fingerprint density at radius 3 is 1.06 bits per heavy atom. The molecule has 17 aromatic carbocycles. The van der Waals surface area contributed by atoms with Gasteiger partial charge >= 0.3 is 0 Å². The van der Waals surface area contributed by atoms with Crippen molar-refractivity contribution in [1.82, 2.24) is 19.1 Å². The molecule has 0 radical (unpaired) electrons. The van der Waals surface area contributed by atoms with Crippen molar-refractivity contribution in [3.8, 4) is 73.6 Å². The van der Waals surface area contributed by atoms with E-state index in [1.165, 1.54) is 149 Å². The topological polar surface area (TPSA) is 59.4 Å². The van der Waals surface area contributed by atoms with Crippen molar-refractivity contribution in [2.24, 2.45) is 0 Å². The van der Waals surface area contributed by atoms with Crippen LogP contribution in [-0.2, 0) is 0 Å². The zero-order chi connectivity index (χ0) is 66.8. The molecular formula is C95H53N5S2. The summed E-state index contributed by atoms with van der Waals surface area (Å²) in [7, 11) is 0. The van der Waals surface area contributed by atoms with Crippen molar-refractivity contribution in [1.29, 1.82) is 5.26 Å². The minimum atomic E-state index is 0.591. The minimum Gasteiger partial charge on any atom is -0.309 e. The van der Waals surface area contributed by atoms with Gasteiger partial charge in [0.1, 0.15) is 0 Å². The van der Waals surface area contributed by atoms with Crippen molar-refractivity contribution >= 4 is 171 Å². The summed E-state index contributed by atoms with van der Waals surface area (Å²) < 4.78 is 9.95. The molecule has 0 unspecified atom stereocenters. The maximum Gasteiger partial charge on any atom is 0.160 e. The minimum absolute atomic E-state index is 0.591. The van der Waals surface area contributed by atoms with Gasteiger partial charge < -0.3 is 9.13 Å². The van der Waals surface area contributed by atoms with E-state index in [4.69, 9.17) is 9.97 Å². The van der Waals surface area contributed by atoms with Crippen LogP contribution in [0.5, 0.6) is 0 Å². The Balaban J connectivity index is 0.668.